The van der Waals surface area contributed by atoms with Gasteiger partial charge in [-0.1, -0.05) is 20.8 Å². The highest BCUT2D eigenvalue weighted by molar-refractivity contribution is 5.97. The Hall–Kier alpha value is -2.77. The molecule has 2 N–H and O–H groups in total. The van der Waals surface area contributed by atoms with Crippen LogP contribution in [-0.4, -0.2) is 34.5 Å². The maximum Gasteiger partial charge on any atom is 0.272 e. The largest absolute Gasteiger partial charge is 0.357 e. The van der Waals surface area contributed by atoms with Crippen molar-refractivity contribution < 1.29 is 18.4 Å². The molecule has 2 aromatic rings. The first-order valence-corrected chi connectivity index (χ1v) is 9.70. The van der Waals surface area contributed by atoms with Gasteiger partial charge in [-0.2, -0.15) is 0 Å². The highest BCUT2D eigenvalue weighted by Gasteiger charge is 2.34. The molecule has 1 aliphatic heterocycles. The van der Waals surface area contributed by atoms with Crippen molar-refractivity contribution >= 4 is 11.8 Å². The lowest BCUT2D eigenvalue weighted by Gasteiger charge is -2.29. The van der Waals surface area contributed by atoms with Crippen LogP contribution in [0.2, 0.25) is 0 Å². The van der Waals surface area contributed by atoms with Gasteiger partial charge in [0.2, 0.25) is 5.91 Å². The molecule has 1 aromatic heterocycles. The Balaban J connectivity index is 2.01. The fourth-order valence-electron chi connectivity index (χ4n) is 3.60. The van der Waals surface area contributed by atoms with Crippen molar-refractivity contribution in [2.24, 2.45) is 5.41 Å². The van der Waals surface area contributed by atoms with E-state index in [0.717, 1.165) is 30.7 Å². The number of halogens is 2. The van der Waals surface area contributed by atoms with Crippen LogP contribution in [0.3, 0.4) is 0 Å². The Kier molecular flexibility index (Phi) is 5.73. The van der Waals surface area contributed by atoms with Crippen LogP contribution in [-0.2, 0) is 17.8 Å². The van der Waals surface area contributed by atoms with E-state index in [2.05, 4.69) is 15.6 Å². The summed E-state index contributed by atoms with van der Waals surface area (Å²) in [6.07, 6.45) is 2.46. The minimum absolute atomic E-state index is 0.225. The molecule has 3 rings (SSSR count). The molecule has 0 spiro atoms. The lowest BCUT2D eigenvalue weighted by atomic mass is 9.86. The fraction of sp³-hybridized carbons (Fsp3) is 0.476. The number of aromatic nitrogens is 2. The normalized spacial score (nSPS) is 14.8. The van der Waals surface area contributed by atoms with Crippen LogP contribution in [0.15, 0.2) is 18.2 Å². The van der Waals surface area contributed by atoms with Gasteiger partial charge in [0.05, 0.1) is 5.69 Å². The molecule has 1 aromatic carbocycles. The molecule has 0 saturated heterocycles. The molecule has 0 aliphatic carbocycles. The summed E-state index contributed by atoms with van der Waals surface area (Å²) >= 11 is 0. The zero-order chi connectivity index (χ0) is 21.3. The van der Waals surface area contributed by atoms with E-state index >= 15 is 0 Å². The van der Waals surface area contributed by atoms with E-state index < -0.39 is 29.0 Å². The minimum atomic E-state index is -0.964. The standard InChI is InChI=1S/C21H26F2N4O2/c1-21(2,3)17(20(29)24-4)26-19(28)16-15-7-5-6-10-27(15)18(25-16)12-8-9-13(22)14(23)11-12/h8-9,11,17H,5-7,10H2,1-4H3,(H,24,29)(H,26,28). The fourth-order valence-corrected chi connectivity index (χ4v) is 3.60. The first kappa shape index (κ1) is 21.0. The van der Waals surface area contributed by atoms with Crippen LogP contribution in [0, 0.1) is 17.0 Å². The van der Waals surface area contributed by atoms with Gasteiger partial charge in [0.25, 0.3) is 5.91 Å². The molecule has 2 amide bonds. The van der Waals surface area contributed by atoms with E-state index in [1.807, 2.05) is 25.3 Å². The van der Waals surface area contributed by atoms with Crippen molar-refractivity contribution in [3.8, 4) is 11.4 Å². The minimum Gasteiger partial charge on any atom is -0.357 e. The Morgan fingerprint density at radius 3 is 2.52 bits per heavy atom. The Morgan fingerprint density at radius 2 is 1.90 bits per heavy atom. The molecule has 2 heterocycles. The first-order chi connectivity index (χ1) is 13.6. The predicted octanol–water partition coefficient (Wildman–Crippen LogP) is 3.06. The number of hydrogen-bond acceptors (Lipinski definition) is 3. The third-order valence-corrected chi connectivity index (χ3v) is 5.16. The van der Waals surface area contributed by atoms with E-state index in [1.54, 1.807) is 0 Å². The zero-order valence-corrected chi connectivity index (χ0v) is 17.1. The van der Waals surface area contributed by atoms with Crippen LogP contribution in [0.4, 0.5) is 8.78 Å². The summed E-state index contributed by atoms with van der Waals surface area (Å²) in [4.78, 5) is 29.8. The highest BCUT2D eigenvalue weighted by atomic mass is 19.2. The molecule has 1 atom stereocenters. The van der Waals surface area contributed by atoms with Crippen LogP contribution in [0.25, 0.3) is 11.4 Å². The van der Waals surface area contributed by atoms with E-state index in [4.69, 9.17) is 0 Å². The molecule has 29 heavy (non-hydrogen) atoms. The molecule has 6 nitrogen and oxygen atoms in total. The third kappa shape index (κ3) is 4.16. The molecule has 156 valence electrons. The van der Waals surface area contributed by atoms with Gasteiger partial charge in [-0.3, -0.25) is 9.59 Å². The van der Waals surface area contributed by atoms with Crippen molar-refractivity contribution in [2.45, 2.75) is 52.6 Å². The van der Waals surface area contributed by atoms with Gasteiger partial charge in [-0.15, -0.1) is 0 Å². The zero-order valence-electron chi connectivity index (χ0n) is 17.1. The molecule has 1 aliphatic rings. The van der Waals surface area contributed by atoms with Gasteiger partial charge >= 0.3 is 0 Å². The number of nitrogens with one attached hydrogen (secondary N) is 2. The number of benzene rings is 1. The second-order valence-corrected chi connectivity index (χ2v) is 8.36. The second-order valence-electron chi connectivity index (χ2n) is 8.36. The third-order valence-electron chi connectivity index (χ3n) is 5.16. The number of nitrogens with zero attached hydrogens (tertiary/aromatic N) is 2. The van der Waals surface area contributed by atoms with Crippen molar-refractivity contribution in [3.05, 3.63) is 41.2 Å². The number of carbonyl (C=O) groups is 2. The number of hydrogen-bond donors (Lipinski definition) is 2. The number of imidazole rings is 1. The average molecular weight is 404 g/mol. The maximum atomic E-state index is 13.8. The number of rotatable bonds is 4. The highest BCUT2D eigenvalue weighted by Crippen LogP contribution is 2.29. The molecule has 0 saturated carbocycles. The van der Waals surface area contributed by atoms with Crippen LogP contribution >= 0.6 is 0 Å². The lowest BCUT2D eigenvalue weighted by molar-refractivity contribution is -0.124. The summed E-state index contributed by atoms with van der Waals surface area (Å²) < 4.78 is 29.0. The number of likely N-dealkylation sites (N-methyl/N-ethyl adjacent to an activating group) is 1. The van der Waals surface area contributed by atoms with E-state index in [-0.39, 0.29) is 11.6 Å². The summed E-state index contributed by atoms with van der Waals surface area (Å²) in [6, 6.07) is 2.85. The summed E-state index contributed by atoms with van der Waals surface area (Å²) in [7, 11) is 1.52. The average Bonchev–Trinajstić information content (AvgIpc) is 3.06. The van der Waals surface area contributed by atoms with E-state index in [0.29, 0.717) is 24.4 Å². The monoisotopic (exact) mass is 404 g/mol. The van der Waals surface area contributed by atoms with Crippen molar-refractivity contribution in [2.75, 3.05) is 7.05 Å². The van der Waals surface area contributed by atoms with Crippen molar-refractivity contribution in [1.82, 2.24) is 20.2 Å². The Morgan fingerprint density at radius 1 is 1.17 bits per heavy atom. The van der Waals surface area contributed by atoms with Gasteiger partial charge in [0.15, 0.2) is 11.6 Å². The SMILES string of the molecule is CNC(=O)C(NC(=O)c1nc(-c2ccc(F)c(F)c2)n2c1CCCC2)C(C)(C)C. The van der Waals surface area contributed by atoms with Gasteiger partial charge in [0, 0.05) is 19.2 Å². The molecular formula is C21H26F2N4O2. The summed E-state index contributed by atoms with van der Waals surface area (Å²) in [5.74, 6) is -2.21. The second kappa shape index (κ2) is 7.93. The smallest absolute Gasteiger partial charge is 0.272 e. The van der Waals surface area contributed by atoms with Crippen molar-refractivity contribution in [3.63, 3.8) is 0 Å². The van der Waals surface area contributed by atoms with Crippen molar-refractivity contribution in [1.29, 1.82) is 0 Å². The number of amides is 2. The maximum absolute atomic E-state index is 13.8. The van der Waals surface area contributed by atoms with Gasteiger partial charge in [0.1, 0.15) is 17.6 Å². The summed E-state index contributed by atoms with van der Waals surface area (Å²) in [5, 5.41) is 5.38. The number of fused-ring (bicyclic) bond motifs is 1. The van der Waals surface area contributed by atoms with Gasteiger partial charge in [-0.05, 0) is 42.9 Å². The van der Waals surface area contributed by atoms with Crippen LogP contribution in [0.1, 0.15) is 49.8 Å². The predicted molar refractivity (Wildman–Crippen MR) is 105 cm³/mol. The first-order valence-electron chi connectivity index (χ1n) is 9.70. The quantitative estimate of drug-likeness (QED) is 0.822. The number of carbonyl (C=O) groups excluding carboxylic acids is 2. The van der Waals surface area contributed by atoms with E-state index in [9.17, 15) is 18.4 Å². The molecule has 0 fully saturated rings. The summed E-state index contributed by atoms with van der Waals surface area (Å²) in [6.45, 7) is 6.23. The lowest BCUT2D eigenvalue weighted by Crippen LogP contribution is -2.53. The van der Waals surface area contributed by atoms with E-state index in [1.165, 1.54) is 13.1 Å². The molecule has 1 unspecified atom stereocenters. The summed E-state index contributed by atoms with van der Waals surface area (Å²) in [5.41, 5.74) is 0.878. The van der Waals surface area contributed by atoms with Gasteiger partial charge < -0.3 is 15.2 Å². The molecular weight excluding hydrogens is 378 g/mol. The Bertz CT molecular complexity index is 947. The topological polar surface area (TPSA) is 76.0 Å². The van der Waals surface area contributed by atoms with Crippen LogP contribution < -0.4 is 10.6 Å². The Labute approximate surface area is 168 Å². The molecule has 8 heteroatoms. The van der Waals surface area contributed by atoms with Crippen LogP contribution in [0.5, 0.6) is 0 Å². The van der Waals surface area contributed by atoms with Gasteiger partial charge in [-0.25, -0.2) is 13.8 Å². The molecule has 0 bridgehead atoms. The molecule has 0 radical (unpaired) electrons.